The molecule has 3 aromatic rings. The Morgan fingerprint density at radius 3 is 2.55 bits per heavy atom. The number of hydrogen-bond acceptors (Lipinski definition) is 5. The molecule has 1 aliphatic rings. The maximum atomic E-state index is 14.1. The van der Waals surface area contributed by atoms with Gasteiger partial charge in [0.25, 0.3) is 5.56 Å². The molecule has 1 saturated heterocycles. The fourth-order valence-corrected chi connectivity index (χ4v) is 3.62. The Bertz CT molecular complexity index is 1140. The van der Waals surface area contributed by atoms with Crippen molar-refractivity contribution in [2.45, 2.75) is 6.54 Å². The largest absolute Gasteiger partial charge is 0.497 e. The number of methoxy groups -OCH3 is 1. The molecular weight excluding hydrogens is 399 g/mol. The zero-order chi connectivity index (χ0) is 21.8. The lowest BCUT2D eigenvalue weighted by molar-refractivity contribution is -0.132. The van der Waals surface area contributed by atoms with Gasteiger partial charge in [-0.1, -0.05) is 18.2 Å². The van der Waals surface area contributed by atoms with Gasteiger partial charge in [0.2, 0.25) is 5.91 Å². The Hall–Kier alpha value is -3.68. The van der Waals surface area contributed by atoms with Gasteiger partial charge in [0.1, 0.15) is 18.1 Å². The molecule has 0 N–H and O–H groups in total. The maximum absolute atomic E-state index is 14.1. The topological polar surface area (TPSA) is 67.7 Å². The minimum absolute atomic E-state index is 0.180. The average molecular weight is 422 g/mol. The number of piperazine rings is 1. The van der Waals surface area contributed by atoms with E-state index >= 15 is 0 Å². The first-order valence-corrected chi connectivity index (χ1v) is 10.0. The molecule has 0 aliphatic carbocycles. The smallest absolute Gasteiger partial charge is 0.267 e. The van der Waals surface area contributed by atoms with Gasteiger partial charge < -0.3 is 14.5 Å². The monoisotopic (exact) mass is 422 g/mol. The lowest BCUT2D eigenvalue weighted by atomic mass is 10.1. The lowest BCUT2D eigenvalue weighted by Crippen LogP contribution is -2.50. The molecule has 4 rings (SSSR count). The van der Waals surface area contributed by atoms with E-state index in [9.17, 15) is 14.0 Å². The van der Waals surface area contributed by atoms with Crippen molar-refractivity contribution >= 4 is 11.6 Å². The van der Waals surface area contributed by atoms with Gasteiger partial charge in [-0.25, -0.2) is 9.07 Å². The van der Waals surface area contributed by atoms with Crippen LogP contribution in [0.2, 0.25) is 0 Å². The molecule has 2 heterocycles. The van der Waals surface area contributed by atoms with E-state index in [0.29, 0.717) is 31.9 Å². The predicted octanol–water partition coefficient (Wildman–Crippen LogP) is 2.41. The first kappa shape index (κ1) is 20.6. The highest BCUT2D eigenvalue weighted by atomic mass is 19.1. The van der Waals surface area contributed by atoms with Crippen LogP contribution in [0, 0.1) is 5.82 Å². The van der Waals surface area contributed by atoms with Crippen LogP contribution in [0.15, 0.2) is 65.5 Å². The number of rotatable bonds is 5. The van der Waals surface area contributed by atoms with Gasteiger partial charge in [0.05, 0.1) is 12.8 Å². The standard InChI is InChI=1S/C23H23FN4O3/c1-31-18-6-4-5-17(15-18)26-11-13-27(14-12-26)23(30)16-28-22(29)10-9-21(25-28)19-7-2-3-8-20(19)24/h2-10,15H,11-14,16H2,1H3. The van der Waals surface area contributed by atoms with E-state index in [0.717, 1.165) is 16.1 Å². The number of benzene rings is 2. The molecule has 0 atom stereocenters. The summed E-state index contributed by atoms with van der Waals surface area (Å²) < 4.78 is 20.4. The van der Waals surface area contributed by atoms with Crippen LogP contribution in [0.3, 0.4) is 0 Å². The fraction of sp³-hybridized carbons (Fsp3) is 0.261. The van der Waals surface area contributed by atoms with Gasteiger partial charge in [0, 0.05) is 49.6 Å². The van der Waals surface area contributed by atoms with Crippen molar-refractivity contribution in [1.29, 1.82) is 0 Å². The highest BCUT2D eigenvalue weighted by molar-refractivity contribution is 5.76. The van der Waals surface area contributed by atoms with Crippen molar-refractivity contribution in [3.05, 3.63) is 76.8 Å². The molecule has 0 saturated carbocycles. The Morgan fingerprint density at radius 1 is 1.03 bits per heavy atom. The van der Waals surface area contributed by atoms with Gasteiger partial charge in [-0.15, -0.1) is 0 Å². The number of halogens is 1. The minimum atomic E-state index is -0.430. The normalized spacial score (nSPS) is 13.9. The SMILES string of the molecule is COc1cccc(N2CCN(C(=O)Cn3nc(-c4ccccc4F)ccc3=O)CC2)c1. The molecule has 31 heavy (non-hydrogen) atoms. The molecule has 1 fully saturated rings. The number of hydrogen-bond donors (Lipinski definition) is 0. The molecule has 0 unspecified atom stereocenters. The van der Waals surface area contributed by atoms with E-state index in [1.54, 1.807) is 30.2 Å². The summed E-state index contributed by atoms with van der Waals surface area (Å²) in [6.45, 7) is 2.25. The molecule has 1 aromatic heterocycles. The summed E-state index contributed by atoms with van der Waals surface area (Å²) in [7, 11) is 1.63. The molecule has 0 radical (unpaired) electrons. The first-order valence-electron chi connectivity index (χ1n) is 10.0. The zero-order valence-corrected chi connectivity index (χ0v) is 17.2. The number of anilines is 1. The summed E-state index contributed by atoms with van der Waals surface area (Å²) in [6, 6.07) is 16.8. The number of amides is 1. The molecule has 0 bridgehead atoms. The van der Waals surface area contributed by atoms with Crippen molar-refractivity contribution in [3.8, 4) is 17.0 Å². The second kappa shape index (κ2) is 8.99. The van der Waals surface area contributed by atoms with Crippen LogP contribution in [-0.4, -0.2) is 53.9 Å². The van der Waals surface area contributed by atoms with Gasteiger partial charge in [-0.3, -0.25) is 9.59 Å². The summed E-state index contributed by atoms with van der Waals surface area (Å²) >= 11 is 0. The summed E-state index contributed by atoms with van der Waals surface area (Å²) in [4.78, 5) is 28.9. The molecule has 7 nitrogen and oxygen atoms in total. The van der Waals surface area contributed by atoms with Crippen molar-refractivity contribution in [3.63, 3.8) is 0 Å². The van der Waals surface area contributed by atoms with E-state index < -0.39 is 11.4 Å². The van der Waals surface area contributed by atoms with Crippen LogP contribution in [0.5, 0.6) is 5.75 Å². The Labute approximate surface area is 179 Å². The maximum Gasteiger partial charge on any atom is 0.267 e. The van der Waals surface area contributed by atoms with Gasteiger partial charge in [-0.2, -0.15) is 5.10 Å². The summed E-state index contributed by atoms with van der Waals surface area (Å²) in [6.07, 6.45) is 0. The summed E-state index contributed by atoms with van der Waals surface area (Å²) in [5.41, 5.74) is 1.24. The third kappa shape index (κ3) is 4.58. The molecule has 0 spiro atoms. The van der Waals surface area contributed by atoms with Crippen molar-refractivity contribution < 1.29 is 13.9 Å². The third-order valence-electron chi connectivity index (χ3n) is 5.35. The highest BCUT2D eigenvalue weighted by Gasteiger charge is 2.22. The van der Waals surface area contributed by atoms with Crippen LogP contribution in [0.25, 0.3) is 11.3 Å². The number of aromatic nitrogens is 2. The highest BCUT2D eigenvalue weighted by Crippen LogP contribution is 2.22. The second-order valence-electron chi connectivity index (χ2n) is 7.26. The predicted molar refractivity (Wildman–Crippen MR) is 116 cm³/mol. The Morgan fingerprint density at radius 2 is 1.81 bits per heavy atom. The zero-order valence-electron chi connectivity index (χ0n) is 17.2. The van der Waals surface area contributed by atoms with Crippen molar-refractivity contribution in [1.82, 2.24) is 14.7 Å². The van der Waals surface area contributed by atoms with E-state index in [-0.39, 0.29) is 18.0 Å². The number of carbonyl (C=O) groups excluding carboxylic acids is 1. The molecule has 2 aromatic carbocycles. The fourth-order valence-electron chi connectivity index (χ4n) is 3.62. The Balaban J connectivity index is 1.43. The minimum Gasteiger partial charge on any atom is -0.497 e. The molecular formula is C23H23FN4O3. The summed E-state index contributed by atoms with van der Waals surface area (Å²) in [5, 5.41) is 4.21. The van der Waals surface area contributed by atoms with E-state index in [2.05, 4.69) is 10.00 Å². The average Bonchev–Trinajstić information content (AvgIpc) is 2.81. The molecule has 1 amide bonds. The van der Waals surface area contributed by atoms with Crippen LogP contribution in [-0.2, 0) is 11.3 Å². The molecule has 1 aliphatic heterocycles. The van der Waals surface area contributed by atoms with Crippen LogP contribution >= 0.6 is 0 Å². The van der Waals surface area contributed by atoms with Crippen molar-refractivity contribution in [2.75, 3.05) is 38.2 Å². The van der Waals surface area contributed by atoms with Gasteiger partial charge in [-0.05, 0) is 30.3 Å². The quantitative estimate of drug-likeness (QED) is 0.632. The number of carbonyl (C=O) groups is 1. The van der Waals surface area contributed by atoms with Crippen LogP contribution in [0.1, 0.15) is 0 Å². The summed E-state index contributed by atoms with van der Waals surface area (Å²) in [5.74, 6) is 0.168. The molecule has 8 heteroatoms. The number of ether oxygens (including phenoxy) is 1. The van der Waals surface area contributed by atoms with E-state index in [4.69, 9.17) is 4.74 Å². The third-order valence-corrected chi connectivity index (χ3v) is 5.35. The van der Waals surface area contributed by atoms with Gasteiger partial charge in [0.15, 0.2) is 0 Å². The Kier molecular flexibility index (Phi) is 5.97. The number of nitrogens with zero attached hydrogens (tertiary/aromatic N) is 4. The van der Waals surface area contributed by atoms with Gasteiger partial charge >= 0.3 is 0 Å². The van der Waals surface area contributed by atoms with Crippen LogP contribution in [0.4, 0.5) is 10.1 Å². The van der Waals surface area contributed by atoms with Crippen molar-refractivity contribution in [2.24, 2.45) is 0 Å². The molecule has 160 valence electrons. The first-order chi connectivity index (χ1) is 15.0. The van der Waals surface area contributed by atoms with E-state index in [1.165, 1.54) is 18.2 Å². The van der Waals surface area contributed by atoms with Crippen LogP contribution < -0.4 is 15.2 Å². The lowest BCUT2D eigenvalue weighted by Gasteiger charge is -2.36. The van der Waals surface area contributed by atoms with E-state index in [1.807, 2.05) is 24.3 Å². The second-order valence-corrected chi connectivity index (χ2v) is 7.26.